The zero-order chi connectivity index (χ0) is 70.6. The van der Waals surface area contributed by atoms with Gasteiger partial charge in [-0.2, -0.15) is 0 Å². The zero-order valence-corrected chi connectivity index (χ0v) is 61.7. The molecule has 11 rings (SSSR count). The number of ether oxygens (including phenoxy) is 2. The molecule has 2 nitrogen and oxygen atoms in total. The third kappa shape index (κ3) is 17.9. The maximum absolute atomic E-state index is 7.58. The highest BCUT2D eigenvalue weighted by Gasteiger charge is 2.49. The van der Waals surface area contributed by atoms with Crippen LogP contribution in [0.1, 0.15) is 237 Å². The molecule has 8 aromatic rings. The van der Waals surface area contributed by atoms with E-state index in [1.165, 1.54) is 125 Å². The van der Waals surface area contributed by atoms with Crippen molar-refractivity contribution in [2.75, 3.05) is 13.2 Å². The first-order valence-corrected chi connectivity index (χ1v) is 38.7. The molecular formula is C100H102O2. The van der Waals surface area contributed by atoms with E-state index in [-0.39, 0.29) is 0 Å². The molecule has 2 heteroatoms. The van der Waals surface area contributed by atoms with Crippen LogP contribution >= 0.6 is 0 Å². The molecule has 0 saturated heterocycles. The molecule has 0 bridgehead atoms. The van der Waals surface area contributed by atoms with Crippen molar-refractivity contribution in [3.63, 3.8) is 0 Å². The molecule has 3 aliphatic carbocycles. The van der Waals surface area contributed by atoms with Crippen molar-refractivity contribution in [2.45, 2.75) is 207 Å². The second-order valence-corrected chi connectivity index (χ2v) is 27.6. The van der Waals surface area contributed by atoms with Crippen molar-refractivity contribution in [2.24, 2.45) is 0 Å². The van der Waals surface area contributed by atoms with Gasteiger partial charge in [-0.05, 0) is 132 Å². The molecule has 0 aliphatic heterocycles. The van der Waals surface area contributed by atoms with E-state index in [0.29, 0.717) is 46.7 Å². The Bertz CT molecular complexity index is 4300. The smallest absolute Gasteiger partial charge is 0.160 e. The number of hydrogen-bond donors (Lipinski definition) is 0. The molecule has 3 aliphatic rings. The van der Waals surface area contributed by atoms with Crippen LogP contribution in [0.25, 0.3) is 44.5 Å². The SMILES string of the molecule is CCCCCCCc1ccc2c(c1)C(OCC)(C1=C=C=C(c3ccccc3)C#CC(c3ccccc3)=C=C=C(C3(OCC)c4cc(CCCCCCC)ccc4-c4ccc(CCCCCCC)cc43)C#CC(c3ccccc3)=C=C=C(c3ccccc3)C#C1)c1cc(CCCCCCC)ccc1-2. The summed E-state index contributed by atoms with van der Waals surface area (Å²) in [4.78, 5) is 0. The number of aryl methyl sites for hydroxylation is 4. The Kier molecular flexibility index (Phi) is 27.2. The normalized spacial score (nSPS) is 13.7. The average molecular weight is 1340 g/mol. The minimum absolute atomic E-state index is 0.405. The largest absolute Gasteiger partial charge is 0.360 e. The van der Waals surface area contributed by atoms with E-state index in [0.717, 1.165) is 118 Å². The number of unbranched alkanes of at least 4 members (excludes halogenated alkanes) is 16. The number of benzene rings is 8. The summed E-state index contributed by atoms with van der Waals surface area (Å²) in [5.74, 6) is 22.7. The Morgan fingerprint density at radius 3 is 0.725 bits per heavy atom. The summed E-state index contributed by atoms with van der Waals surface area (Å²) in [5.41, 5.74) is 41.6. The van der Waals surface area contributed by atoms with Gasteiger partial charge >= 0.3 is 0 Å². The Labute approximate surface area is 612 Å². The second-order valence-electron chi connectivity index (χ2n) is 27.6. The van der Waals surface area contributed by atoms with Gasteiger partial charge in [-0.1, -0.05) is 394 Å². The first-order valence-electron chi connectivity index (χ1n) is 38.7. The topological polar surface area (TPSA) is 18.5 Å². The van der Waals surface area contributed by atoms with Crippen LogP contribution in [0.2, 0.25) is 0 Å². The highest BCUT2D eigenvalue weighted by molar-refractivity contribution is 5.90. The van der Waals surface area contributed by atoms with Gasteiger partial charge in [0, 0.05) is 35.5 Å². The van der Waals surface area contributed by atoms with E-state index in [1.807, 2.05) is 24.3 Å². The molecule has 0 saturated carbocycles. The van der Waals surface area contributed by atoms with Crippen molar-refractivity contribution in [3.8, 4) is 57.8 Å². The number of allylic oxidation sites excluding steroid dienone is 4. The van der Waals surface area contributed by atoms with Gasteiger partial charge in [-0.15, -0.1) is 0 Å². The van der Waals surface area contributed by atoms with Gasteiger partial charge in [0.25, 0.3) is 0 Å². The van der Waals surface area contributed by atoms with E-state index in [4.69, 9.17) is 9.47 Å². The monoisotopic (exact) mass is 1330 g/mol. The lowest BCUT2D eigenvalue weighted by atomic mass is 9.82. The van der Waals surface area contributed by atoms with Gasteiger partial charge in [0.15, 0.2) is 11.2 Å². The van der Waals surface area contributed by atoms with Crippen LogP contribution in [-0.4, -0.2) is 13.2 Å². The molecule has 0 spiro atoms. The van der Waals surface area contributed by atoms with Gasteiger partial charge in [-0.3, -0.25) is 0 Å². The van der Waals surface area contributed by atoms with Crippen molar-refractivity contribution < 1.29 is 9.47 Å². The van der Waals surface area contributed by atoms with Crippen LogP contribution in [0.15, 0.2) is 240 Å². The van der Waals surface area contributed by atoms with Gasteiger partial charge < -0.3 is 9.47 Å². The lowest BCUT2D eigenvalue weighted by Gasteiger charge is -2.31. The fraction of sp³-hybridized carbons (Fsp3) is 0.340. The molecule has 0 fully saturated rings. The zero-order valence-electron chi connectivity index (χ0n) is 61.7. The lowest BCUT2D eigenvalue weighted by molar-refractivity contribution is 0.0252. The Balaban J connectivity index is 1.27. The van der Waals surface area contributed by atoms with Crippen LogP contribution in [-0.2, 0) is 46.4 Å². The third-order valence-electron chi connectivity index (χ3n) is 20.3. The molecule has 0 N–H and O–H groups in total. The Hall–Kier alpha value is -9.74. The van der Waals surface area contributed by atoms with Crippen molar-refractivity contribution >= 4 is 22.3 Å². The number of fused-ring (bicyclic) bond motifs is 6. The minimum atomic E-state index is -1.19. The lowest BCUT2D eigenvalue weighted by Crippen LogP contribution is -2.31. The first-order chi connectivity index (χ1) is 50.3. The molecule has 514 valence electrons. The fourth-order valence-electron chi connectivity index (χ4n) is 14.8. The Morgan fingerprint density at radius 2 is 0.480 bits per heavy atom. The van der Waals surface area contributed by atoms with Crippen LogP contribution in [0, 0.1) is 35.5 Å². The fourth-order valence-corrected chi connectivity index (χ4v) is 14.8. The van der Waals surface area contributed by atoms with E-state index >= 15 is 0 Å². The van der Waals surface area contributed by atoms with Crippen molar-refractivity contribution in [1.29, 1.82) is 0 Å². The molecule has 8 aromatic carbocycles. The van der Waals surface area contributed by atoms with E-state index < -0.39 is 11.2 Å². The predicted molar refractivity (Wildman–Crippen MR) is 429 cm³/mol. The summed E-state index contributed by atoms with van der Waals surface area (Å²) in [6.07, 6.45) is 27.9. The van der Waals surface area contributed by atoms with E-state index in [9.17, 15) is 0 Å². The van der Waals surface area contributed by atoms with Crippen LogP contribution < -0.4 is 0 Å². The van der Waals surface area contributed by atoms with Crippen LogP contribution in [0.3, 0.4) is 0 Å². The quantitative estimate of drug-likeness (QED) is 0.0227. The number of hydrogen-bond acceptors (Lipinski definition) is 2. The summed E-state index contributed by atoms with van der Waals surface area (Å²) in [6, 6.07) is 69.7. The molecule has 0 unspecified atom stereocenters. The summed E-state index contributed by atoms with van der Waals surface area (Å²) in [5, 5.41) is 0. The van der Waals surface area contributed by atoms with Gasteiger partial charge in [0.05, 0.1) is 33.4 Å². The van der Waals surface area contributed by atoms with Crippen molar-refractivity contribution in [3.05, 3.63) is 306 Å². The molecule has 0 atom stereocenters. The summed E-state index contributed by atoms with van der Waals surface area (Å²) >= 11 is 0. The summed E-state index contributed by atoms with van der Waals surface area (Å²) in [6.45, 7) is 14.1. The maximum Gasteiger partial charge on any atom is 0.160 e. The first kappa shape index (κ1) is 73.5. The Morgan fingerprint density at radius 1 is 0.245 bits per heavy atom. The van der Waals surface area contributed by atoms with Gasteiger partial charge in [0.2, 0.25) is 0 Å². The van der Waals surface area contributed by atoms with E-state index in [1.54, 1.807) is 0 Å². The van der Waals surface area contributed by atoms with Crippen LogP contribution in [0.5, 0.6) is 0 Å². The highest BCUT2D eigenvalue weighted by Crippen LogP contribution is 2.56. The molecular weight excluding hydrogens is 1230 g/mol. The minimum Gasteiger partial charge on any atom is -0.360 e. The predicted octanol–water partition coefficient (Wildman–Crippen LogP) is 25.4. The standard InChI is InChI=1S/C100H102O2/c1-7-13-17-21-29-41-77-53-69-91-92-70-54-78(42-30-22-18-14-8-2)74-96(92)99(101-11-5,95(91)73-77)89-65-61-85(81-45-33-25-34-46-81)57-59-87(83-49-37-27-38-50-83)63-67-90(68-64-88(84-51-39-28-40-52-84)60-58-86(62-66-89)82-47-35-26-36-48-82)100(102-12-6)97-75-79(43-31-23-19-15-9-3)55-71-93(97)94-72-56-80(76-98(94)100)44-32-24-20-16-10-4/h25-28,33-40,45-56,69-76H,7-24,29-32,41-44H2,1-6H3. The average Bonchev–Trinajstić information content (AvgIpc) is 1.56. The molecule has 0 amide bonds. The maximum atomic E-state index is 7.58. The highest BCUT2D eigenvalue weighted by atomic mass is 16.5. The summed E-state index contributed by atoms with van der Waals surface area (Å²) < 4.78 is 15.2. The van der Waals surface area contributed by atoms with Gasteiger partial charge in [-0.25, -0.2) is 0 Å². The number of rotatable bonds is 34. The molecule has 0 radical (unpaired) electrons. The molecule has 0 aromatic heterocycles. The molecule has 102 heavy (non-hydrogen) atoms. The molecule has 0 heterocycles. The van der Waals surface area contributed by atoms with Crippen molar-refractivity contribution in [1.82, 2.24) is 0 Å². The van der Waals surface area contributed by atoms with Crippen LogP contribution in [0.4, 0.5) is 0 Å². The van der Waals surface area contributed by atoms with E-state index in [2.05, 4.69) is 281 Å². The second kappa shape index (κ2) is 37.8. The summed E-state index contributed by atoms with van der Waals surface area (Å²) in [7, 11) is 0. The van der Waals surface area contributed by atoms with Gasteiger partial charge in [0.1, 0.15) is 0 Å². The third-order valence-corrected chi connectivity index (χ3v) is 20.3.